The predicted molar refractivity (Wildman–Crippen MR) is 79.0 cm³/mol. The van der Waals surface area contributed by atoms with Crippen LogP contribution in [-0.4, -0.2) is 28.1 Å². The van der Waals surface area contributed by atoms with E-state index in [1.54, 1.807) is 42.9 Å². The van der Waals surface area contributed by atoms with E-state index in [-0.39, 0.29) is 6.61 Å². The molecule has 21 heavy (non-hydrogen) atoms. The molecule has 2 unspecified atom stereocenters. The van der Waals surface area contributed by atoms with Gasteiger partial charge in [-0.05, 0) is 30.5 Å². The van der Waals surface area contributed by atoms with Gasteiger partial charge in [0.2, 0.25) is 0 Å². The zero-order chi connectivity index (χ0) is 15.4. The second kappa shape index (κ2) is 6.53. The Morgan fingerprint density at radius 2 is 2.24 bits per heavy atom. The highest BCUT2D eigenvalue weighted by atomic mass is 32.1. The van der Waals surface area contributed by atoms with E-state index in [1.807, 2.05) is 11.4 Å². The lowest BCUT2D eigenvalue weighted by Gasteiger charge is -2.19. The Balaban J connectivity index is 2.50. The monoisotopic (exact) mass is 308 g/mol. The lowest BCUT2D eigenvalue weighted by atomic mass is 9.94. The molecule has 0 aliphatic heterocycles. The fourth-order valence-electron chi connectivity index (χ4n) is 2.30. The zero-order valence-corrected chi connectivity index (χ0v) is 12.6. The second-order valence-corrected chi connectivity index (χ2v) is 5.50. The standard InChI is InChI=1S/C14H16N2O4S/c1-3-20-14(17)13(16(18)19)12(11-7-5-9-21-11)10-6-4-8-15(10)2/h4-9,12-13H,3H2,1-2H3. The number of aromatic nitrogens is 1. The molecule has 0 saturated heterocycles. The highest BCUT2D eigenvalue weighted by Gasteiger charge is 2.43. The first-order valence-electron chi connectivity index (χ1n) is 6.51. The molecule has 2 heterocycles. The van der Waals surface area contributed by atoms with Crippen molar-refractivity contribution in [3.63, 3.8) is 0 Å². The van der Waals surface area contributed by atoms with Crippen molar-refractivity contribution in [3.05, 3.63) is 56.5 Å². The molecule has 2 rings (SSSR count). The van der Waals surface area contributed by atoms with E-state index >= 15 is 0 Å². The molecule has 2 aromatic rings. The van der Waals surface area contributed by atoms with Crippen molar-refractivity contribution in [2.75, 3.05) is 6.61 Å². The molecule has 0 amide bonds. The number of nitrogens with zero attached hydrogens (tertiary/aromatic N) is 2. The Kier molecular flexibility index (Phi) is 4.74. The SMILES string of the molecule is CCOC(=O)C(C(c1cccs1)c1cccn1C)[N+](=O)[O-]. The first kappa shape index (κ1) is 15.2. The topological polar surface area (TPSA) is 74.4 Å². The van der Waals surface area contributed by atoms with Gasteiger partial charge in [0.15, 0.2) is 0 Å². The summed E-state index contributed by atoms with van der Waals surface area (Å²) in [4.78, 5) is 23.7. The zero-order valence-electron chi connectivity index (χ0n) is 11.8. The van der Waals surface area contributed by atoms with Gasteiger partial charge in [-0.3, -0.25) is 10.1 Å². The van der Waals surface area contributed by atoms with Crippen LogP contribution in [0.3, 0.4) is 0 Å². The molecule has 0 N–H and O–H groups in total. The normalized spacial score (nSPS) is 13.6. The Bertz CT molecular complexity index is 621. The van der Waals surface area contributed by atoms with Crippen molar-refractivity contribution in [1.29, 1.82) is 0 Å². The number of thiophene rings is 1. The quantitative estimate of drug-likeness (QED) is 0.466. The minimum Gasteiger partial charge on any atom is -0.461 e. The van der Waals surface area contributed by atoms with Gasteiger partial charge in [-0.1, -0.05) is 6.07 Å². The Labute approximate surface area is 126 Å². The van der Waals surface area contributed by atoms with Gasteiger partial charge in [0.05, 0.1) is 6.61 Å². The summed E-state index contributed by atoms with van der Waals surface area (Å²) in [5, 5.41) is 13.3. The van der Waals surface area contributed by atoms with Crippen molar-refractivity contribution in [2.24, 2.45) is 7.05 Å². The minimum atomic E-state index is -1.45. The van der Waals surface area contributed by atoms with E-state index in [9.17, 15) is 14.9 Å². The Morgan fingerprint density at radius 1 is 1.48 bits per heavy atom. The first-order chi connectivity index (χ1) is 10.1. The van der Waals surface area contributed by atoms with E-state index < -0.39 is 22.9 Å². The van der Waals surface area contributed by atoms with Crippen LogP contribution in [-0.2, 0) is 16.6 Å². The first-order valence-corrected chi connectivity index (χ1v) is 7.39. The van der Waals surface area contributed by atoms with Gasteiger partial charge in [-0.15, -0.1) is 11.3 Å². The maximum atomic E-state index is 12.1. The van der Waals surface area contributed by atoms with E-state index in [4.69, 9.17) is 4.74 Å². The van der Waals surface area contributed by atoms with Crippen LogP contribution in [0.2, 0.25) is 0 Å². The van der Waals surface area contributed by atoms with Crippen LogP contribution in [0.5, 0.6) is 0 Å². The minimum absolute atomic E-state index is 0.119. The Morgan fingerprint density at radius 3 is 2.71 bits per heavy atom. The van der Waals surface area contributed by atoms with Crippen LogP contribution in [0.25, 0.3) is 0 Å². The summed E-state index contributed by atoms with van der Waals surface area (Å²) in [5.74, 6) is -1.46. The number of aryl methyl sites for hydroxylation is 1. The van der Waals surface area contributed by atoms with E-state index in [1.165, 1.54) is 11.3 Å². The van der Waals surface area contributed by atoms with Gasteiger partial charge >= 0.3 is 12.0 Å². The van der Waals surface area contributed by atoms with Gasteiger partial charge in [0.25, 0.3) is 0 Å². The summed E-state index contributed by atoms with van der Waals surface area (Å²) in [6.07, 6.45) is 1.80. The van der Waals surface area contributed by atoms with Crippen molar-refractivity contribution in [2.45, 2.75) is 18.9 Å². The number of hydrogen-bond donors (Lipinski definition) is 0. The number of ether oxygens (including phenoxy) is 1. The van der Waals surface area contributed by atoms with Crippen molar-refractivity contribution in [1.82, 2.24) is 4.57 Å². The molecule has 0 aliphatic carbocycles. The van der Waals surface area contributed by atoms with E-state index in [2.05, 4.69) is 0 Å². The number of carbonyl (C=O) groups is 1. The van der Waals surface area contributed by atoms with Crippen LogP contribution in [0.15, 0.2) is 35.8 Å². The molecule has 0 aromatic carbocycles. The maximum Gasteiger partial charge on any atom is 0.382 e. The van der Waals surface area contributed by atoms with Crippen LogP contribution in [0.4, 0.5) is 0 Å². The van der Waals surface area contributed by atoms with E-state index in [0.717, 1.165) is 4.88 Å². The van der Waals surface area contributed by atoms with Gasteiger partial charge in [-0.25, -0.2) is 4.79 Å². The lowest BCUT2D eigenvalue weighted by molar-refractivity contribution is -0.513. The molecule has 0 spiro atoms. The smallest absolute Gasteiger partial charge is 0.382 e. The molecule has 7 heteroatoms. The Hall–Kier alpha value is -2.15. The summed E-state index contributed by atoms with van der Waals surface area (Å²) in [6.45, 7) is 1.76. The van der Waals surface area contributed by atoms with Gasteiger partial charge in [0.1, 0.15) is 5.92 Å². The largest absolute Gasteiger partial charge is 0.461 e. The molecule has 0 aliphatic rings. The highest BCUT2D eigenvalue weighted by molar-refractivity contribution is 7.10. The number of hydrogen-bond acceptors (Lipinski definition) is 5. The third-order valence-corrected chi connectivity index (χ3v) is 4.18. The summed E-state index contributed by atoms with van der Waals surface area (Å²) < 4.78 is 6.69. The average molecular weight is 308 g/mol. The van der Waals surface area contributed by atoms with Gasteiger partial charge < -0.3 is 9.30 Å². The average Bonchev–Trinajstić information content (AvgIpc) is 3.07. The summed E-state index contributed by atoms with van der Waals surface area (Å²) in [6, 6.07) is 5.77. The fourth-order valence-corrected chi connectivity index (χ4v) is 3.17. The molecule has 0 bridgehead atoms. The lowest BCUT2D eigenvalue weighted by Crippen LogP contribution is -2.38. The van der Waals surface area contributed by atoms with Crippen LogP contribution < -0.4 is 0 Å². The number of nitro groups is 1. The van der Waals surface area contributed by atoms with Crippen LogP contribution in [0.1, 0.15) is 23.4 Å². The summed E-state index contributed by atoms with van der Waals surface area (Å²) in [7, 11) is 1.80. The van der Waals surface area contributed by atoms with Crippen molar-refractivity contribution in [3.8, 4) is 0 Å². The van der Waals surface area contributed by atoms with Crippen LogP contribution >= 0.6 is 11.3 Å². The molecular formula is C14H16N2O4S. The molecule has 112 valence electrons. The molecule has 6 nitrogen and oxygen atoms in total. The van der Waals surface area contributed by atoms with Crippen molar-refractivity contribution < 1.29 is 14.5 Å². The predicted octanol–water partition coefficient (Wildman–Crippen LogP) is 2.43. The molecule has 0 radical (unpaired) electrons. The van der Waals surface area contributed by atoms with Gasteiger partial charge in [0, 0.05) is 28.7 Å². The van der Waals surface area contributed by atoms with Gasteiger partial charge in [-0.2, -0.15) is 0 Å². The highest BCUT2D eigenvalue weighted by Crippen LogP contribution is 2.33. The molecule has 0 fully saturated rings. The molecular weight excluding hydrogens is 292 g/mol. The fraction of sp³-hybridized carbons (Fsp3) is 0.357. The number of carbonyl (C=O) groups excluding carboxylic acids is 1. The third-order valence-electron chi connectivity index (χ3n) is 3.22. The maximum absolute atomic E-state index is 12.1. The number of rotatable bonds is 6. The van der Waals surface area contributed by atoms with Crippen LogP contribution in [0, 0.1) is 10.1 Å². The molecule has 2 atom stereocenters. The molecule has 2 aromatic heterocycles. The third kappa shape index (κ3) is 3.13. The molecule has 0 saturated carbocycles. The summed E-state index contributed by atoms with van der Waals surface area (Å²) >= 11 is 1.39. The summed E-state index contributed by atoms with van der Waals surface area (Å²) in [5.41, 5.74) is 0.715. The second-order valence-electron chi connectivity index (χ2n) is 4.52. The number of esters is 1. The van der Waals surface area contributed by atoms with E-state index in [0.29, 0.717) is 5.69 Å². The van der Waals surface area contributed by atoms with Crippen molar-refractivity contribution >= 4 is 17.3 Å².